The van der Waals surface area contributed by atoms with Gasteiger partial charge in [0.15, 0.2) is 0 Å². The maximum absolute atomic E-state index is 12.6. The highest BCUT2D eigenvalue weighted by Gasteiger charge is 2.17. The van der Waals surface area contributed by atoms with E-state index >= 15 is 0 Å². The Kier molecular flexibility index (Phi) is 6.71. The van der Waals surface area contributed by atoms with Gasteiger partial charge in [-0.05, 0) is 30.0 Å². The van der Waals surface area contributed by atoms with E-state index in [1.165, 1.54) is 23.3 Å². The summed E-state index contributed by atoms with van der Waals surface area (Å²) >= 11 is 1.34. The van der Waals surface area contributed by atoms with Gasteiger partial charge in [-0.1, -0.05) is 18.2 Å². The van der Waals surface area contributed by atoms with Crippen LogP contribution < -0.4 is 5.32 Å². The molecule has 1 N–H and O–H groups in total. The van der Waals surface area contributed by atoms with Crippen molar-refractivity contribution < 1.29 is 19.1 Å². The first-order valence-electron chi connectivity index (χ1n) is 7.79. The average Bonchev–Trinajstić information content (AvgIpc) is 3.16. The molecule has 2 rings (SSSR count). The number of ether oxygens (including phenoxy) is 1. The normalized spacial score (nSPS) is 10.2. The van der Waals surface area contributed by atoms with E-state index < -0.39 is 0 Å². The number of esters is 1. The molecule has 25 heavy (non-hydrogen) atoms. The van der Waals surface area contributed by atoms with Crippen molar-refractivity contribution in [1.82, 2.24) is 4.90 Å². The van der Waals surface area contributed by atoms with Crippen molar-refractivity contribution in [3.63, 3.8) is 0 Å². The summed E-state index contributed by atoms with van der Waals surface area (Å²) in [6, 6.07) is 10.4. The van der Waals surface area contributed by atoms with E-state index in [1.54, 1.807) is 43.4 Å². The van der Waals surface area contributed by atoms with E-state index in [-0.39, 0.29) is 24.2 Å². The molecule has 0 atom stereocenters. The van der Waals surface area contributed by atoms with Crippen LogP contribution in [0.3, 0.4) is 0 Å². The zero-order chi connectivity index (χ0) is 18.2. The van der Waals surface area contributed by atoms with Gasteiger partial charge in [0.05, 0.1) is 23.2 Å². The average molecular weight is 360 g/mol. The summed E-state index contributed by atoms with van der Waals surface area (Å²) in [6.45, 7) is 0.418. The molecule has 0 spiro atoms. The third kappa shape index (κ3) is 5.15. The Labute approximate surface area is 150 Å². The van der Waals surface area contributed by atoms with Crippen molar-refractivity contribution in [3.8, 4) is 0 Å². The van der Waals surface area contributed by atoms with Gasteiger partial charge in [-0.25, -0.2) is 0 Å². The molecular formula is C18H20N2O4S. The molecule has 0 fully saturated rings. The number of nitrogens with one attached hydrogen (secondary N) is 1. The number of carbonyl (C=O) groups excluding carboxylic acids is 3. The lowest BCUT2D eigenvalue weighted by molar-refractivity contribution is -0.140. The number of anilines is 1. The predicted octanol–water partition coefficient (Wildman–Crippen LogP) is 3.03. The molecule has 0 aliphatic heterocycles. The molecular weight excluding hydrogens is 340 g/mol. The van der Waals surface area contributed by atoms with E-state index in [9.17, 15) is 14.4 Å². The fourth-order valence-corrected chi connectivity index (χ4v) is 2.86. The predicted molar refractivity (Wildman–Crippen MR) is 96.9 cm³/mol. The van der Waals surface area contributed by atoms with Crippen LogP contribution in [0.2, 0.25) is 0 Å². The standard InChI is InChI=1S/C18H20N2O4S/c1-20(11-5-10-16(21)24-2)18(23)13-7-3-4-8-14(13)19-17(22)15-9-6-12-25-15/h3-4,6-9,12H,5,10-11H2,1-2H3,(H,19,22). The Hall–Kier alpha value is -2.67. The highest BCUT2D eigenvalue weighted by Crippen LogP contribution is 2.19. The molecule has 132 valence electrons. The molecule has 7 heteroatoms. The minimum atomic E-state index is -0.301. The van der Waals surface area contributed by atoms with Gasteiger partial charge in [0.1, 0.15) is 0 Å². The minimum Gasteiger partial charge on any atom is -0.469 e. The van der Waals surface area contributed by atoms with Gasteiger partial charge < -0.3 is 15.0 Å². The van der Waals surface area contributed by atoms with Gasteiger partial charge >= 0.3 is 5.97 Å². The fourth-order valence-electron chi connectivity index (χ4n) is 2.24. The summed E-state index contributed by atoms with van der Waals surface area (Å²) in [7, 11) is 3.00. The molecule has 6 nitrogen and oxygen atoms in total. The van der Waals surface area contributed by atoms with E-state index in [2.05, 4.69) is 10.1 Å². The lowest BCUT2D eigenvalue weighted by Gasteiger charge is -2.19. The number of hydrogen-bond donors (Lipinski definition) is 1. The maximum Gasteiger partial charge on any atom is 0.305 e. The third-order valence-corrected chi connectivity index (χ3v) is 4.47. The summed E-state index contributed by atoms with van der Waals surface area (Å²) in [4.78, 5) is 38.1. The Morgan fingerprint density at radius 2 is 1.92 bits per heavy atom. The van der Waals surface area contributed by atoms with E-state index in [0.717, 1.165) is 0 Å². The molecule has 0 radical (unpaired) electrons. The van der Waals surface area contributed by atoms with Crippen molar-refractivity contribution in [3.05, 3.63) is 52.2 Å². The highest BCUT2D eigenvalue weighted by molar-refractivity contribution is 7.12. The number of amides is 2. The van der Waals surface area contributed by atoms with Crippen molar-refractivity contribution in [1.29, 1.82) is 0 Å². The summed E-state index contributed by atoms with van der Waals surface area (Å²) in [5.41, 5.74) is 0.874. The topological polar surface area (TPSA) is 75.7 Å². The molecule has 1 aromatic carbocycles. The summed E-state index contributed by atoms with van der Waals surface area (Å²) in [5, 5.41) is 4.60. The molecule has 0 aliphatic carbocycles. The Morgan fingerprint density at radius 3 is 2.60 bits per heavy atom. The van der Waals surface area contributed by atoms with Crippen molar-refractivity contribution in [2.75, 3.05) is 26.0 Å². The maximum atomic E-state index is 12.6. The number of rotatable bonds is 7. The molecule has 1 heterocycles. The van der Waals surface area contributed by atoms with Crippen LogP contribution in [-0.4, -0.2) is 43.4 Å². The van der Waals surface area contributed by atoms with Crippen LogP contribution >= 0.6 is 11.3 Å². The second-order valence-electron chi connectivity index (χ2n) is 5.38. The summed E-state index contributed by atoms with van der Waals surface area (Å²) in [5.74, 6) is -0.764. The second kappa shape index (κ2) is 8.98. The van der Waals surface area contributed by atoms with Gasteiger partial charge in [0.2, 0.25) is 0 Å². The largest absolute Gasteiger partial charge is 0.469 e. The molecule has 2 aromatic rings. The van der Waals surface area contributed by atoms with Gasteiger partial charge in [0.25, 0.3) is 11.8 Å². The Balaban J connectivity index is 2.04. The number of methoxy groups -OCH3 is 1. The lowest BCUT2D eigenvalue weighted by atomic mass is 10.1. The number of hydrogen-bond acceptors (Lipinski definition) is 5. The van der Waals surface area contributed by atoms with Crippen LogP contribution in [0.5, 0.6) is 0 Å². The van der Waals surface area contributed by atoms with E-state index in [1.807, 2.05) is 5.38 Å². The smallest absolute Gasteiger partial charge is 0.305 e. The van der Waals surface area contributed by atoms with E-state index in [0.29, 0.717) is 29.1 Å². The van der Waals surface area contributed by atoms with Crippen LogP contribution in [0.1, 0.15) is 32.9 Å². The number of benzene rings is 1. The Morgan fingerprint density at radius 1 is 1.16 bits per heavy atom. The zero-order valence-corrected chi connectivity index (χ0v) is 15.0. The molecule has 1 aromatic heterocycles. The van der Waals surface area contributed by atoms with Crippen LogP contribution in [0.4, 0.5) is 5.69 Å². The van der Waals surface area contributed by atoms with Crippen LogP contribution in [0, 0.1) is 0 Å². The van der Waals surface area contributed by atoms with Gasteiger partial charge in [-0.2, -0.15) is 0 Å². The van der Waals surface area contributed by atoms with Crippen LogP contribution in [0.25, 0.3) is 0 Å². The quantitative estimate of drug-likeness (QED) is 0.770. The first-order chi connectivity index (χ1) is 12.0. The molecule has 0 saturated heterocycles. The monoisotopic (exact) mass is 360 g/mol. The second-order valence-corrected chi connectivity index (χ2v) is 6.33. The minimum absolute atomic E-state index is 0.216. The van der Waals surface area contributed by atoms with Gasteiger partial charge in [0, 0.05) is 20.0 Å². The number of carbonyl (C=O) groups is 3. The van der Waals surface area contributed by atoms with Crippen LogP contribution in [-0.2, 0) is 9.53 Å². The summed E-state index contributed by atoms with van der Waals surface area (Å²) in [6.07, 6.45) is 0.767. The van der Waals surface area contributed by atoms with Crippen LogP contribution in [0.15, 0.2) is 41.8 Å². The van der Waals surface area contributed by atoms with Gasteiger partial charge in [-0.15, -0.1) is 11.3 Å². The van der Waals surface area contributed by atoms with Crippen molar-refractivity contribution in [2.45, 2.75) is 12.8 Å². The molecule has 0 bridgehead atoms. The first kappa shape index (κ1) is 18.7. The third-order valence-electron chi connectivity index (χ3n) is 3.60. The zero-order valence-electron chi connectivity index (χ0n) is 14.2. The fraction of sp³-hybridized carbons (Fsp3) is 0.278. The Bertz CT molecular complexity index is 743. The van der Waals surface area contributed by atoms with Crippen molar-refractivity contribution >= 4 is 34.8 Å². The lowest BCUT2D eigenvalue weighted by Crippen LogP contribution is -2.29. The molecule has 0 unspecified atom stereocenters. The molecule has 0 saturated carbocycles. The number of thiophene rings is 1. The SMILES string of the molecule is COC(=O)CCCN(C)C(=O)c1ccccc1NC(=O)c1cccs1. The molecule has 2 amide bonds. The van der Waals surface area contributed by atoms with E-state index in [4.69, 9.17) is 0 Å². The van der Waals surface area contributed by atoms with Crippen molar-refractivity contribution in [2.24, 2.45) is 0 Å². The first-order valence-corrected chi connectivity index (χ1v) is 8.67. The molecule has 0 aliphatic rings. The summed E-state index contributed by atoms with van der Waals surface area (Å²) < 4.78 is 4.59. The number of nitrogens with zero attached hydrogens (tertiary/aromatic N) is 1. The van der Waals surface area contributed by atoms with Gasteiger partial charge in [-0.3, -0.25) is 14.4 Å². The highest BCUT2D eigenvalue weighted by atomic mass is 32.1. The number of para-hydroxylation sites is 1.